The number of nitrogens with zero attached hydrogens (tertiary/aromatic N) is 3. The third kappa shape index (κ3) is 4.22. The van der Waals surface area contributed by atoms with Gasteiger partial charge in [-0.15, -0.1) is 5.10 Å². The molecule has 132 valence electrons. The van der Waals surface area contributed by atoms with Gasteiger partial charge < -0.3 is 4.74 Å². The van der Waals surface area contributed by atoms with Crippen LogP contribution in [0.3, 0.4) is 0 Å². The van der Waals surface area contributed by atoms with Gasteiger partial charge in [0.15, 0.2) is 5.82 Å². The van der Waals surface area contributed by atoms with Crippen LogP contribution in [0.25, 0.3) is 10.8 Å². The van der Waals surface area contributed by atoms with E-state index in [2.05, 4.69) is 20.7 Å². The number of ether oxygens (including phenoxy) is 1. The van der Waals surface area contributed by atoms with Gasteiger partial charge in [0.1, 0.15) is 11.5 Å². The monoisotopic (exact) mass is 374 g/mol. The summed E-state index contributed by atoms with van der Waals surface area (Å²) in [5.41, 5.74) is 3.84. The maximum atomic E-state index is 5.89. The van der Waals surface area contributed by atoms with E-state index in [9.17, 15) is 0 Å². The molecule has 4 rings (SSSR count). The van der Waals surface area contributed by atoms with Gasteiger partial charge in [-0.2, -0.15) is 10.2 Å². The van der Waals surface area contributed by atoms with Gasteiger partial charge in [-0.05, 0) is 42.0 Å². The lowest BCUT2D eigenvalue weighted by molar-refractivity contribution is 0.482. The highest BCUT2D eigenvalue weighted by Crippen LogP contribution is 2.23. The lowest BCUT2D eigenvalue weighted by Gasteiger charge is -2.06. The van der Waals surface area contributed by atoms with Crippen molar-refractivity contribution >= 4 is 34.4 Å². The Hall–Kier alpha value is -3.44. The first-order valence-electron chi connectivity index (χ1n) is 8.31. The summed E-state index contributed by atoms with van der Waals surface area (Å²) in [6, 6.07) is 22.7. The summed E-state index contributed by atoms with van der Waals surface area (Å²) >= 11 is 5.89. The Morgan fingerprint density at radius 3 is 2.67 bits per heavy atom. The molecule has 3 aromatic carbocycles. The maximum absolute atomic E-state index is 5.89. The van der Waals surface area contributed by atoms with E-state index in [-0.39, 0.29) is 0 Å². The average Bonchev–Trinajstić information content (AvgIpc) is 2.70. The summed E-state index contributed by atoms with van der Waals surface area (Å²) in [5.74, 6) is 2.04. The van der Waals surface area contributed by atoms with Crippen LogP contribution < -0.4 is 10.2 Å². The van der Waals surface area contributed by atoms with E-state index in [1.807, 2.05) is 60.7 Å². The summed E-state index contributed by atoms with van der Waals surface area (Å²) in [6.45, 7) is 0. The Kier molecular flexibility index (Phi) is 4.94. The normalized spacial score (nSPS) is 11.0. The molecule has 0 amide bonds. The number of halogens is 1. The Labute approximate surface area is 161 Å². The number of aromatic nitrogens is 2. The molecule has 1 N–H and O–H groups in total. The minimum atomic E-state index is 0.609. The zero-order valence-electron chi connectivity index (χ0n) is 14.2. The van der Waals surface area contributed by atoms with Gasteiger partial charge >= 0.3 is 0 Å². The number of fused-ring (bicyclic) bond motifs is 1. The predicted molar refractivity (Wildman–Crippen MR) is 109 cm³/mol. The van der Waals surface area contributed by atoms with E-state index >= 15 is 0 Å². The largest absolute Gasteiger partial charge is 0.457 e. The molecule has 4 aromatic rings. The van der Waals surface area contributed by atoms with Crippen molar-refractivity contribution in [1.29, 1.82) is 0 Å². The maximum Gasteiger partial charge on any atom is 0.176 e. The molecule has 0 aliphatic rings. The second kappa shape index (κ2) is 7.85. The summed E-state index contributed by atoms with van der Waals surface area (Å²) in [7, 11) is 0. The zero-order valence-corrected chi connectivity index (χ0v) is 15.0. The van der Waals surface area contributed by atoms with E-state index in [1.54, 1.807) is 24.5 Å². The molecule has 0 aliphatic carbocycles. The van der Waals surface area contributed by atoms with Crippen LogP contribution in [0, 0.1) is 0 Å². The minimum absolute atomic E-state index is 0.609. The molecule has 27 heavy (non-hydrogen) atoms. The first-order valence-corrected chi connectivity index (χ1v) is 8.69. The Morgan fingerprint density at radius 1 is 0.926 bits per heavy atom. The molecule has 5 nitrogen and oxygen atoms in total. The lowest BCUT2D eigenvalue weighted by Crippen LogP contribution is -1.96. The molecule has 0 aliphatic heterocycles. The average molecular weight is 375 g/mol. The van der Waals surface area contributed by atoms with E-state index in [0.29, 0.717) is 16.6 Å². The first kappa shape index (κ1) is 17.0. The molecule has 0 spiro atoms. The van der Waals surface area contributed by atoms with Crippen LogP contribution in [0.4, 0.5) is 5.82 Å². The van der Waals surface area contributed by atoms with Crippen molar-refractivity contribution in [2.24, 2.45) is 5.10 Å². The second-order valence-corrected chi connectivity index (χ2v) is 6.22. The molecule has 0 unspecified atom stereocenters. The predicted octanol–water partition coefficient (Wildman–Crippen LogP) is 5.52. The molecule has 1 heterocycles. The number of nitrogens with one attached hydrogen (secondary N) is 1. The standard InChI is InChI=1S/C21H15ClN4O/c22-17-8-10-18(11-9-17)27-19-6-3-4-15(12-19)13-23-25-21-20-7-2-1-5-16(20)14-24-26-21/h1-14H,(H,25,26)/b23-13+. The molecule has 0 fully saturated rings. The van der Waals surface area contributed by atoms with E-state index < -0.39 is 0 Å². The van der Waals surface area contributed by atoms with Crippen molar-refractivity contribution in [2.75, 3.05) is 5.43 Å². The van der Waals surface area contributed by atoms with Crippen molar-refractivity contribution < 1.29 is 4.74 Å². The number of benzene rings is 3. The Morgan fingerprint density at radius 2 is 1.78 bits per heavy atom. The highest BCUT2D eigenvalue weighted by Gasteiger charge is 2.01. The third-order valence-electron chi connectivity index (χ3n) is 3.86. The molecule has 0 radical (unpaired) electrons. The fourth-order valence-electron chi connectivity index (χ4n) is 2.58. The van der Waals surface area contributed by atoms with Crippen LogP contribution in [0.15, 0.2) is 84.1 Å². The third-order valence-corrected chi connectivity index (χ3v) is 4.11. The van der Waals surface area contributed by atoms with Gasteiger partial charge in [-0.3, -0.25) is 5.43 Å². The van der Waals surface area contributed by atoms with Crippen molar-refractivity contribution in [1.82, 2.24) is 10.2 Å². The van der Waals surface area contributed by atoms with Crippen LogP contribution in [0.2, 0.25) is 5.02 Å². The summed E-state index contributed by atoms with van der Waals surface area (Å²) in [5, 5.41) is 15.0. The highest BCUT2D eigenvalue weighted by atomic mass is 35.5. The molecule has 0 bridgehead atoms. The number of hydrogen-bond donors (Lipinski definition) is 1. The van der Waals surface area contributed by atoms with Gasteiger partial charge in [-0.1, -0.05) is 48.0 Å². The van der Waals surface area contributed by atoms with Gasteiger partial charge in [0.2, 0.25) is 0 Å². The number of anilines is 1. The Bertz CT molecular complexity index is 1090. The quantitative estimate of drug-likeness (QED) is 0.369. The van der Waals surface area contributed by atoms with Gasteiger partial charge in [0.25, 0.3) is 0 Å². The van der Waals surface area contributed by atoms with Gasteiger partial charge in [0, 0.05) is 15.8 Å². The SMILES string of the molecule is Clc1ccc(Oc2cccc(/C=N/Nc3nncc4ccccc34)c2)cc1. The molecule has 0 atom stereocenters. The van der Waals surface area contributed by atoms with Crippen LogP contribution >= 0.6 is 11.6 Å². The zero-order chi connectivity index (χ0) is 18.5. The van der Waals surface area contributed by atoms with Gasteiger partial charge in [-0.25, -0.2) is 0 Å². The topological polar surface area (TPSA) is 59.4 Å². The molecule has 0 saturated carbocycles. The van der Waals surface area contributed by atoms with Crippen LogP contribution in [0.5, 0.6) is 11.5 Å². The minimum Gasteiger partial charge on any atom is -0.457 e. The van der Waals surface area contributed by atoms with E-state index in [1.165, 1.54) is 0 Å². The molecule has 1 aromatic heterocycles. The van der Waals surface area contributed by atoms with E-state index in [0.717, 1.165) is 22.1 Å². The van der Waals surface area contributed by atoms with Crippen molar-refractivity contribution in [3.05, 3.63) is 89.6 Å². The fraction of sp³-hybridized carbons (Fsp3) is 0. The number of rotatable bonds is 5. The molecule has 6 heteroatoms. The Balaban J connectivity index is 1.48. The van der Waals surface area contributed by atoms with Crippen molar-refractivity contribution in [2.45, 2.75) is 0 Å². The highest BCUT2D eigenvalue weighted by molar-refractivity contribution is 6.30. The smallest absolute Gasteiger partial charge is 0.176 e. The van der Waals surface area contributed by atoms with E-state index in [4.69, 9.17) is 16.3 Å². The first-order chi connectivity index (χ1) is 13.3. The molecular formula is C21H15ClN4O. The van der Waals surface area contributed by atoms with Crippen LogP contribution in [0.1, 0.15) is 5.56 Å². The lowest BCUT2D eigenvalue weighted by atomic mass is 10.2. The van der Waals surface area contributed by atoms with Crippen LogP contribution in [-0.4, -0.2) is 16.4 Å². The summed E-state index contributed by atoms with van der Waals surface area (Å²) in [6.07, 6.45) is 3.43. The summed E-state index contributed by atoms with van der Waals surface area (Å²) < 4.78 is 5.83. The second-order valence-electron chi connectivity index (χ2n) is 5.78. The molecular weight excluding hydrogens is 360 g/mol. The summed E-state index contributed by atoms with van der Waals surface area (Å²) in [4.78, 5) is 0. The van der Waals surface area contributed by atoms with Crippen molar-refractivity contribution in [3.63, 3.8) is 0 Å². The molecule has 0 saturated heterocycles. The van der Waals surface area contributed by atoms with Crippen molar-refractivity contribution in [3.8, 4) is 11.5 Å². The number of hydrogen-bond acceptors (Lipinski definition) is 5. The number of hydrazone groups is 1. The van der Waals surface area contributed by atoms with Crippen LogP contribution in [-0.2, 0) is 0 Å². The fourth-order valence-corrected chi connectivity index (χ4v) is 2.70. The van der Waals surface area contributed by atoms with Gasteiger partial charge in [0.05, 0.1) is 12.4 Å².